The summed E-state index contributed by atoms with van der Waals surface area (Å²) in [6.45, 7) is 0. The second kappa shape index (κ2) is 4.00. The van der Waals surface area contributed by atoms with Crippen molar-refractivity contribution in [3.05, 3.63) is 11.8 Å². The van der Waals surface area contributed by atoms with E-state index >= 15 is 0 Å². The Kier molecular flexibility index (Phi) is 3.15. The van der Waals surface area contributed by atoms with Gasteiger partial charge in [-0.1, -0.05) is 0 Å². The van der Waals surface area contributed by atoms with Crippen molar-refractivity contribution in [3.63, 3.8) is 0 Å². The fourth-order valence-corrected chi connectivity index (χ4v) is 1.08. The van der Waals surface area contributed by atoms with Crippen LogP contribution in [-0.2, 0) is 14.3 Å². The first-order valence-corrected chi connectivity index (χ1v) is 3.94. The molecule has 0 aromatic heterocycles. The van der Waals surface area contributed by atoms with Gasteiger partial charge in [0, 0.05) is 19.1 Å². The molecule has 0 N–H and O–H groups in total. The summed E-state index contributed by atoms with van der Waals surface area (Å²) in [6.07, 6.45) is -4.27. The lowest BCUT2D eigenvalue weighted by atomic mass is 10.1. The number of Topliss-reactive ketones (excluding diaryl/α,β-unsaturated/α-hetero) is 1. The quantitative estimate of drug-likeness (QED) is 0.696. The summed E-state index contributed by atoms with van der Waals surface area (Å²) >= 11 is 0. The van der Waals surface area contributed by atoms with E-state index in [0.29, 0.717) is 0 Å². The van der Waals surface area contributed by atoms with E-state index < -0.39 is 18.2 Å². The molecule has 0 spiro atoms. The smallest absolute Gasteiger partial charge is 0.454 e. The summed E-state index contributed by atoms with van der Waals surface area (Å²) in [4.78, 5) is 10.7. The van der Waals surface area contributed by atoms with Gasteiger partial charge < -0.3 is 9.47 Å². The number of halogens is 3. The van der Waals surface area contributed by atoms with Crippen molar-refractivity contribution in [2.45, 2.75) is 25.3 Å². The third kappa shape index (κ3) is 2.47. The Labute approximate surface area is 78.5 Å². The Bertz CT molecular complexity index is 257. The normalized spacial score (nSPS) is 22.6. The van der Waals surface area contributed by atoms with Gasteiger partial charge >= 0.3 is 6.18 Å². The summed E-state index contributed by atoms with van der Waals surface area (Å²) in [6, 6.07) is 0. The lowest BCUT2D eigenvalue weighted by Gasteiger charge is -2.21. The molecular formula is C8H9F3O3. The van der Waals surface area contributed by atoms with Crippen molar-refractivity contribution in [3.8, 4) is 0 Å². The van der Waals surface area contributed by atoms with Gasteiger partial charge in [-0.2, -0.15) is 13.2 Å². The largest absolute Gasteiger partial charge is 0.472 e. The fraction of sp³-hybridized carbons (Fsp3) is 0.625. The number of ether oxygens (including phenoxy) is 2. The maximum Gasteiger partial charge on any atom is 0.454 e. The summed E-state index contributed by atoms with van der Waals surface area (Å²) in [7, 11) is 1.38. The van der Waals surface area contributed by atoms with Crippen LogP contribution in [0.4, 0.5) is 13.2 Å². The van der Waals surface area contributed by atoms with Crippen LogP contribution < -0.4 is 0 Å². The Hall–Kier alpha value is -1.04. The fourth-order valence-electron chi connectivity index (χ4n) is 1.08. The summed E-state index contributed by atoms with van der Waals surface area (Å²) in [5.41, 5.74) is -0.356. The number of carbonyl (C=O) groups excluding carboxylic acids is 1. The van der Waals surface area contributed by atoms with Crippen molar-refractivity contribution < 1.29 is 27.4 Å². The number of methoxy groups -OCH3 is 1. The summed E-state index contributed by atoms with van der Waals surface area (Å²) in [5.74, 6) is -1.84. The van der Waals surface area contributed by atoms with Gasteiger partial charge in [0.2, 0.25) is 0 Å². The van der Waals surface area contributed by atoms with Crippen LogP contribution in [0.25, 0.3) is 0 Å². The number of hydrogen-bond acceptors (Lipinski definition) is 3. The Morgan fingerprint density at radius 1 is 1.64 bits per heavy atom. The van der Waals surface area contributed by atoms with Crippen LogP contribution in [0.2, 0.25) is 0 Å². The van der Waals surface area contributed by atoms with Crippen LogP contribution in [0, 0.1) is 0 Å². The molecule has 0 saturated heterocycles. The first kappa shape index (κ1) is 11.0. The van der Waals surface area contributed by atoms with E-state index in [4.69, 9.17) is 9.47 Å². The second-order valence-electron chi connectivity index (χ2n) is 2.81. The standard InChI is InChI=1S/C8H9F3O3/c1-13-6-3-2-5(4-14-6)7(12)8(9,10)11/h4,6H,2-3H2,1H3. The molecule has 0 radical (unpaired) electrons. The van der Waals surface area contributed by atoms with Crippen LogP contribution in [0.5, 0.6) is 0 Å². The predicted molar refractivity (Wildman–Crippen MR) is 40.3 cm³/mol. The molecular weight excluding hydrogens is 201 g/mol. The topological polar surface area (TPSA) is 35.5 Å². The van der Waals surface area contributed by atoms with Crippen molar-refractivity contribution in [2.24, 2.45) is 0 Å². The van der Waals surface area contributed by atoms with Gasteiger partial charge in [0.25, 0.3) is 5.78 Å². The average molecular weight is 210 g/mol. The van der Waals surface area contributed by atoms with Gasteiger partial charge in [-0.15, -0.1) is 0 Å². The molecule has 0 aliphatic carbocycles. The van der Waals surface area contributed by atoms with Gasteiger partial charge in [-0.05, 0) is 6.42 Å². The number of alkyl halides is 3. The van der Waals surface area contributed by atoms with E-state index in [2.05, 4.69) is 0 Å². The third-order valence-corrected chi connectivity index (χ3v) is 1.82. The first-order chi connectivity index (χ1) is 6.45. The molecule has 0 saturated carbocycles. The zero-order valence-corrected chi connectivity index (χ0v) is 7.43. The monoisotopic (exact) mass is 210 g/mol. The molecule has 80 valence electrons. The highest BCUT2D eigenvalue weighted by atomic mass is 19.4. The molecule has 1 unspecified atom stereocenters. The molecule has 1 rings (SSSR count). The van der Waals surface area contributed by atoms with E-state index in [1.165, 1.54) is 7.11 Å². The van der Waals surface area contributed by atoms with Crippen LogP contribution in [0.1, 0.15) is 12.8 Å². The minimum absolute atomic E-state index is 0.0247. The zero-order valence-electron chi connectivity index (χ0n) is 7.43. The van der Waals surface area contributed by atoms with E-state index in [9.17, 15) is 18.0 Å². The third-order valence-electron chi connectivity index (χ3n) is 1.82. The summed E-state index contributed by atoms with van der Waals surface area (Å²) in [5, 5.41) is 0. The summed E-state index contributed by atoms with van der Waals surface area (Å²) < 4.78 is 45.3. The van der Waals surface area contributed by atoms with E-state index in [0.717, 1.165) is 6.26 Å². The molecule has 1 aliphatic rings. The van der Waals surface area contributed by atoms with Crippen molar-refractivity contribution >= 4 is 5.78 Å². The molecule has 0 aromatic carbocycles. The highest BCUT2D eigenvalue weighted by molar-refractivity contribution is 5.99. The molecule has 0 amide bonds. The second-order valence-corrected chi connectivity index (χ2v) is 2.81. The average Bonchev–Trinajstić information content (AvgIpc) is 2.15. The molecule has 6 heteroatoms. The molecule has 1 aliphatic heterocycles. The number of carbonyl (C=O) groups is 1. The van der Waals surface area contributed by atoms with E-state index in [1.54, 1.807) is 0 Å². The lowest BCUT2D eigenvalue weighted by Crippen LogP contribution is -2.28. The zero-order chi connectivity index (χ0) is 10.8. The molecule has 1 heterocycles. The van der Waals surface area contributed by atoms with Gasteiger partial charge in [0.15, 0.2) is 6.29 Å². The van der Waals surface area contributed by atoms with Crippen LogP contribution in [0.3, 0.4) is 0 Å². The van der Waals surface area contributed by atoms with Crippen molar-refractivity contribution in [1.29, 1.82) is 0 Å². The van der Waals surface area contributed by atoms with Crippen LogP contribution in [0.15, 0.2) is 11.8 Å². The Morgan fingerprint density at radius 3 is 2.64 bits per heavy atom. The molecule has 1 atom stereocenters. The first-order valence-electron chi connectivity index (χ1n) is 3.94. The molecule has 0 aromatic rings. The highest BCUT2D eigenvalue weighted by Crippen LogP contribution is 2.26. The van der Waals surface area contributed by atoms with E-state index in [-0.39, 0.29) is 18.4 Å². The van der Waals surface area contributed by atoms with Crippen molar-refractivity contribution in [1.82, 2.24) is 0 Å². The number of hydrogen-bond donors (Lipinski definition) is 0. The Balaban J connectivity index is 2.64. The van der Waals surface area contributed by atoms with Crippen LogP contribution >= 0.6 is 0 Å². The maximum absolute atomic E-state index is 11.9. The lowest BCUT2D eigenvalue weighted by molar-refractivity contribution is -0.168. The SMILES string of the molecule is COC1CCC(C(=O)C(F)(F)F)=CO1. The number of rotatable bonds is 2. The number of ketones is 1. The highest BCUT2D eigenvalue weighted by Gasteiger charge is 2.41. The van der Waals surface area contributed by atoms with Crippen LogP contribution in [-0.4, -0.2) is 25.4 Å². The molecule has 3 nitrogen and oxygen atoms in total. The minimum Gasteiger partial charge on any atom is -0.472 e. The Morgan fingerprint density at radius 2 is 2.29 bits per heavy atom. The molecule has 0 fully saturated rings. The van der Waals surface area contributed by atoms with E-state index in [1.807, 2.05) is 0 Å². The van der Waals surface area contributed by atoms with Gasteiger partial charge in [-0.3, -0.25) is 4.79 Å². The van der Waals surface area contributed by atoms with Gasteiger partial charge in [0.05, 0.1) is 6.26 Å². The van der Waals surface area contributed by atoms with Gasteiger partial charge in [-0.25, -0.2) is 0 Å². The minimum atomic E-state index is -4.82. The van der Waals surface area contributed by atoms with Gasteiger partial charge in [0.1, 0.15) is 0 Å². The number of allylic oxidation sites excluding steroid dienone is 1. The van der Waals surface area contributed by atoms with Crippen molar-refractivity contribution in [2.75, 3.05) is 7.11 Å². The maximum atomic E-state index is 11.9. The molecule has 14 heavy (non-hydrogen) atoms. The molecule has 0 bridgehead atoms. The predicted octanol–water partition coefficient (Wildman–Crippen LogP) is 1.78.